The number of hydrogen-bond acceptors (Lipinski definition) is 9. The van der Waals surface area contributed by atoms with Crippen molar-refractivity contribution in [3.8, 4) is 0 Å². The lowest BCUT2D eigenvalue weighted by atomic mass is 9.99. The number of amides is 1. The van der Waals surface area contributed by atoms with Crippen molar-refractivity contribution in [1.29, 1.82) is 0 Å². The molecule has 1 aliphatic heterocycles. The van der Waals surface area contributed by atoms with E-state index in [4.69, 9.17) is 9.47 Å². The molecular weight excluding hydrogens is 638 g/mol. The Morgan fingerprint density at radius 3 is 1.74 bits per heavy atom. The van der Waals surface area contributed by atoms with Crippen molar-refractivity contribution in [1.82, 2.24) is 5.32 Å². The third kappa shape index (κ3) is 21.9. The van der Waals surface area contributed by atoms with Crippen LogP contribution in [0.3, 0.4) is 0 Å². The Bertz CT molecular complexity index is 855. The number of rotatable bonds is 32. The van der Waals surface area contributed by atoms with Gasteiger partial charge in [0.25, 0.3) is 0 Å². The number of carbonyl (C=O) groups excluding carboxylic acids is 1. The van der Waals surface area contributed by atoms with E-state index in [1.54, 1.807) is 6.08 Å². The first-order valence-electron chi connectivity index (χ1n) is 20.2. The molecule has 8 atom stereocenters. The number of allylic oxidation sites excluding steroid dienone is 3. The zero-order valence-corrected chi connectivity index (χ0v) is 31.5. The lowest BCUT2D eigenvalue weighted by Crippen LogP contribution is -2.60. The van der Waals surface area contributed by atoms with Crippen molar-refractivity contribution in [2.45, 2.75) is 210 Å². The monoisotopic (exact) mass is 714 g/mol. The molecule has 1 saturated heterocycles. The fourth-order valence-electron chi connectivity index (χ4n) is 6.24. The molecule has 0 spiro atoms. The van der Waals surface area contributed by atoms with E-state index in [-0.39, 0.29) is 6.61 Å². The highest BCUT2D eigenvalue weighted by Gasteiger charge is 2.44. The third-order valence-corrected chi connectivity index (χ3v) is 9.64. The summed E-state index contributed by atoms with van der Waals surface area (Å²) < 4.78 is 11.1. The van der Waals surface area contributed by atoms with E-state index >= 15 is 0 Å². The van der Waals surface area contributed by atoms with E-state index in [1.807, 2.05) is 6.08 Å². The molecule has 0 aromatic heterocycles. The van der Waals surface area contributed by atoms with Gasteiger partial charge in [0.1, 0.15) is 30.5 Å². The van der Waals surface area contributed by atoms with Crippen molar-refractivity contribution >= 4 is 5.91 Å². The van der Waals surface area contributed by atoms with Crippen molar-refractivity contribution in [2.75, 3.05) is 13.2 Å². The Kier molecular flexibility index (Phi) is 29.1. The molecule has 10 heteroatoms. The van der Waals surface area contributed by atoms with Crippen LogP contribution in [0.15, 0.2) is 24.3 Å². The first kappa shape index (κ1) is 46.7. The van der Waals surface area contributed by atoms with Crippen molar-refractivity contribution in [2.24, 2.45) is 0 Å². The van der Waals surface area contributed by atoms with Crippen LogP contribution in [0.4, 0.5) is 0 Å². The molecule has 294 valence electrons. The van der Waals surface area contributed by atoms with E-state index < -0.39 is 61.5 Å². The number of nitrogens with one attached hydrogen (secondary N) is 1. The van der Waals surface area contributed by atoms with Gasteiger partial charge in [0.2, 0.25) is 5.91 Å². The SMILES string of the molecule is CCCCCCCCCC=CCC/C=C/[C@@H](O)[C@H](CO[C@@H]1O[C@H](CO)[C@@H](O)[C@H](O)[C@H]1O)NC(=O)[C@H](O)CCCCCCCCCCCCCC. The molecule has 1 amide bonds. The van der Waals surface area contributed by atoms with Crippen molar-refractivity contribution in [3.05, 3.63) is 24.3 Å². The van der Waals surface area contributed by atoms with Crippen LogP contribution in [0, 0.1) is 0 Å². The molecule has 1 fully saturated rings. The predicted molar refractivity (Wildman–Crippen MR) is 199 cm³/mol. The van der Waals surface area contributed by atoms with E-state index in [0.29, 0.717) is 19.3 Å². The second kappa shape index (κ2) is 31.2. The summed E-state index contributed by atoms with van der Waals surface area (Å²) >= 11 is 0. The zero-order chi connectivity index (χ0) is 36.8. The quantitative estimate of drug-likeness (QED) is 0.0320. The average molecular weight is 714 g/mol. The number of aliphatic hydroxyl groups excluding tert-OH is 6. The molecule has 1 heterocycles. The molecule has 0 saturated carbocycles. The van der Waals surface area contributed by atoms with Gasteiger partial charge in [-0.2, -0.15) is 0 Å². The predicted octanol–water partition coefficient (Wildman–Crippen LogP) is 6.13. The van der Waals surface area contributed by atoms with Gasteiger partial charge >= 0.3 is 0 Å². The molecule has 1 rings (SSSR count). The largest absolute Gasteiger partial charge is 0.394 e. The van der Waals surface area contributed by atoms with Crippen molar-refractivity contribution in [3.63, 3.8) is 0 Å². The number of aliphatic hydroxyl groups is 6. The standard InChI is InChI=1S/C40H75NO9/c1-3-5-7-9-11-13-15-17-19-20-22-24-26-28-33(43)32(31-49-40-38(47)37(46)36(45)35(30-42)50-40)41-39(48)34(44)29-27-25-23-21-18-16-14-12-10-8-6-4-2/h19-20,26,28,32-38,40,42-47H,3-18,21-25,27,29-31H2,1-2H3,(H,41,48)/b20-19?,28-26+/t32-,33+,34+,35+,36+,37-,38+,40+/m0/s1. The molecule has 0 aromatic rings. The maximum Gasteiger partial charge on any atom is 0.249 e. The van der Waals surface area contributed by atoms with E-state index in [0.717, 1.165) is 32.1 Å². The molecule has 7 N–H and O–H groups in total. The first-order valence-corrected chi connectivity index (χ1v) is 20.2. The summed E-state index contributed by atoms with van der Waals surface area (Å²) in [5, 5.41) is 64.3. The summed E-state index contributed by atoms with van der Waals surface area (Å²) in [6.45, 7) is 3.54. The van der Waals surface area contributed by atoms with E-state index in [1.165, 1.54) is 96.3 Å². The van der Waals surface area contributed by atoms with Gasteiger partial charge in [-0.1, -0.05) is 154 Å². The van der Waals surface area contributed by atoms with Gasteiger partial charge in [-0.15, -0.1) is 0 Å². The maximum atomic E-state index is 12.9. The van der Waals surface area contributed by atoms with Crippen LogP contribution in [0.1, 0.15) is 162 Å². The molecule has 0 radical (unpaired) electrons. The molecule has 0 unspecified atom stereocenters. The number of unbranched alkanes of at least 4 members (excludes halogenated alkanes) is 19. The van der Waals surface area contributed by atoms with Gasteiger partial charge in [-0.25, -0.2) is 0 Å². The normalized spacial score (nSPS) is 23.1. The van der Waals surface area contributed by atoms with Crippen LogP contribution >= 0.6 is 0 Å². The molecule has 10 nitrogen and oxygen atoms in total. The minimum absolute atomic E-state index is 0.306. The Balaban J connectivity index is 2.54. The summed E-state index contributed by atoms with van der Waals surface area (Å²) in [6.07, 6.45) is 24.1. The molecule has 1 aliphatic rings. The fraction of sp³-hybridized carbons (Fsp3) is 0.875. The number of carbonyl (C=O) groups is 1. The summed E-state index contributed by atoms with van der Waals surface area (Å²) in [7, 11) is 0. The van der Waals surface area contributed by atoms with Crippen LogP contribution in [0.5, 0.6) is 0 Å². The molecular formula is C40H75NO9. The van der Waals surface area contributed by atoms with E-state index in [9.17, 15) is 35.4 Å². The first-order chi connectivity index (χ1) is 24.3. The summed E-state index contributed by atoms with van der Waals surface area (Å²) in [5.41, 5.74) is 0. The van der Waals surface area contributed by atoms with Crippen LogP contribution in [-0.2, 0) is 14.3 Å². The van der Waals surface area contributed by atoms with Gasteiger partial charge in [0.15, 0.2) is 6.29 Å². The molecule has 0 bridgehead atoms. The van der Waals surface area contributed by atoms with Gasteiger partial charge in [-0.3, -0.25) is 4.79 Å². The van der Waals surface area contributed by atoms with Gasteiger partial charge in [-0.05, 0) is 32.1 Å². The zero-order valence-electron chi connectivity index (χ0n) is 31.5. The second-order valence-electron chi connectivity index (χ2n) is 14.2. The van der Waals surface area contributed by atoms with Crippen LogP contribution in [-0.4, -0.2) is 98.7 Å². The summed E-state index contributed by atoms with van der Waals surface area (Å²) in [6, 6.07) is -0.990. The highest BCUT2D eigenvalue weighted by molar-refractivity contribution is 5.80. The highest BCUT2D eigenvalue weighted by Crippen LogP contribution is 2.22. The molecule has 0 aliphatic carbocycles. The smallest absolute Gasteiger partial charge is 0.249 e. The summed E-state index contributed by atoms with van der Waals surface area (Å²) in [4.78, 5) is 12.9. The van der Waals surface area contributed by atoms with Crippen LogP contribution in [0.2, 0.25) is 0 Å². The molecule has 0 aromatic carbocycles. The molecule has 50 heavy (non-hydrogen) atoms. The Hall–Kier alpha value is -1.37. The highest BCUT2D eigenvalue weighted by atomic mass is 16.7. The Morgan fingerprint density at radius 2 is 1.18 bits per heavy atom. The number of ether oxygens (including phenoxy) is 2. The minimum Gasteiger partial charge on any atom is -0.394 e. The lowest BCUT2D eigenvalue weighted by molar-refractivity contribution is -0.302. The average Bonchev–Trinajstić information content (AvgIpc) is 3.11. The lowest BCUT2D eigenvalue weighted by Gasteiger charge is -2.40. The third-order valence-electron chi connectivity index (χ3n) is 9.64. The fourth-order valence-corrected chi connectivity index (χ4v) is 6.24. The van der Waals surface area contributed by atoms with Crippen molar-refractivity contribution < 1.29 is 44.9 Å². The van der Waals surface area contributed by atoms with Gasteiger partial charge in [0, 0.05) is 0 Å². The van der Waals surface area contributed by atoms with Gasteiger partial charge < -0.3 is 45.4 Å². The van der Waals surface area contributed by atoms with Crippen LogP contribution < -0.4 is 5.32 Å². The summed E-state index contributed by atoms with van der Waals surface area (Å²) in [5.74, 6) is -0.628. The Labute approximate surface area is 303 Å². The minimum atomic E-state index is -1.61. The van der Waals surface area contributed by atoms with Crippen LogP contribution in [0.25, 0.3) is 0 Å². The topological polar surface area (TPSA) is 169 Å². The second-order valence-corrected chi connectivity index (χ2v) is 14.2. The maximum absolute atomic E-state index is 12.9. The van der Waals surface area contributed by atoms with Gasteiger partial charge in [0.05, 0.1) is 25.4 Å². The number of hydrogen-bond donors (Lipinski definition) is 7. The Morgan fingerprint density at radius 1 is 0.680 bits per heavy atom. The van der Waals surface area contributed by atoms with E-state index in [2.05, 4.69) is 31.3 Å².